The largest absolute Gasteiger partial charge is 0.318 e. The fourth-order valence-corrected chi connectivity index (χ4v) is 2.08. The minimum Gasteiger partial charge on any atom is -0.318 e. The van der Waals surface area contributed by atoms with E-state index in [4.69, 9.17) is 0 Å². The van der Waals surface area contributed by atoms with Crippen molar-refractivity contribution < 1.29 is 0 Å². The number of hydrogen-bond acceptors (Lipinski definition) is 2. The summed E-state index contributed by atoms with van der Waals surface area (Å²) in [5.41, 5.74) is 7.36. The average Bonchev–Trinajstić information content (AvgIpc) is 2.72. The van der Waals surface area contributed by atoms with Crippen molar-refractivity contribution in [2.45, 2.75) is 13.1 Å². The summed E-state index contributed by atoms with van der Waals surface area (Å²) in [4.78, 5) is 0. The first-order valence-corrected chi connectivity index (χ1v) is 5.55. The van der Waals surface area contributed by atoms with E-state index in [9.17, 15) is 0 Å². The van der Waals surface area contributed by atoms with Crippen LogP contribution in [0.15, 0.2) is 54.6 Å². The first kappa shape index (κ1) is 9.43. The number of nitrogens with one attached hydrogen (secondary N) is 1. The number of fused-ring (bicyclic) bond motifs is 1. The maximum Gasteiger partial charge on any atom is 0.0536 e. The molecule has 1 N–H and O–H groups in total. The second kappa shape index (κ2) is 3.99. The Kier molecular flexibility index (Phi) is 2.35. The summed E-state index contributed by atoms with van der Waals surface area (Å²) in [7, 11) is 0. The van der Waals surface area contributed by atoms with Gasteiger partial charge in [-0.1, -0.05) is 48.5 Å². The molecule has 2 nitrogen and oxygen atoms in total. The summed E-state index contributed by atoms with van der Waals surface area (Å²) in [6.07, 6.45) is 0. The Bertz CT molecular complexity index is 454. The number of benzene rings is 2. The van der Waals surface area contributed by atoms with Gasteiger partial charge in [-0.3, -0.25) is 0 Å². The van der Waals surface area contributed by atoms with E-state index in [0.29, 0.717) is 0 Å². The Balaban J connectivity index is 1.73. The molecule has 0 fully saturated rings. The molecule has 80 valence electrons. The van der Waals surface area contributed by atoms with Crippen LogP contribution in [0.2, 0.25) is 0 Å². The van der Waals surface area contributed by atoms with Crippen LogP contribution in [0.3, 0.4) is 0 Å². The lowest BCUT2D eigenvalue weighted by Gasteiger charge is -2.15. The summed E-state index contributed by atoms with van der Waals surface area (Å²) < 4.78 is 0. The second-order valence-electron chi connectivity index (χ2n) is 4.11. The van der Waals surface area contributed by atoms with Crippen LogP contribution in [0.5, 0.6) is 0 Å². The molecule has 0 spiro atoms. The molecule has 0 amide bonds. The molecule has 0 radical (unpaired) electrons. The molecule has 0 saturated carbocycles. The summed E-state index contributed by atoms with van der Waals surface area (Å²) in [6, 6.07) is 19.0. The van der Waals surface area contributed by atoms with Crippen LogP contribution in [0, 0.1) is 0 Å². The third-order valence-electron chi connectivity index (χ3n) is 2.87. The molecule has 3 rings (SSSR count). The predicted molar refractivity (Wildman–Crippen MR) is 65.8 cm³/mol. The lowest BCUT2D eigenvalue weighted by molar-refractivity contribution is 0.335. The highest BCUT2D eigenvalue weighted by atomic mass is 15.5. The van der Waals surface area contributed by atoms with E-state index in [1.165, 1.54) is 16.8 Å². The molecule has 2 aromatic carbocycles. The van der Waals surface area contributed by atoms with Crippen molar-refractivity contribution in [2.75, 3.05) is 5.43 Å². The van der Waals surface area contributed by atoms with Crippen LogP contribution < -0.4 is 5.43 Å². The summed E-state index contributed by atoms with van der Waals surface area (Å²) >= 11 is 0. The molecule has 2 heteroatoms. The van der Waals surface area contributed by atoms with Gasteiger partial charge < -0.3 is 5.43 Å². The van der Waals surface area contributed by atoms with Crippen molar-refractivity contribution in [3.05, 3.63) is 65.7 Å². The number of hydrogen-bond donors (Lipinski definition) is 1. The third-order valence-corrected chi connectivity index (χ3v) is 2.87. The molecule has 1 aliphatic rings. The first-order chi connectivity index (χ1) is 7.92. The van der Waals surface area contributed by atoms with Crippen molar-refractivity contribution in [1.29, 1.82) is 0 Å². The SMILES string of the molecule is c1ccc(CN2Cc3ccccc3N2)cc1. The van der Waals surface area contributed by atoms with Gasteiger partial charge in [0.05, 0.1) is 5.69 Å². The molecular formula is C14H14N2. The fourth-order valence-electron chi connectivity index (χ4n) is 2.08. The molecular weight excluding hydrogens is 196 g/mol. The number of nitrogens with zero attached hydrogens (tertiary/aromatic N) is 1. The van der Waals surface area contributed by atoms with E-state index in [1.54, 1.807) is 0 Å². The van der Waals surface area contributed by atoms with E-state index in [2.05, 4.69) is 65.0 Å². The Morgan fingerprint density at radius 2 is 1.69 bits per heavy atom. The fraction of sp³-hybridized carbons (Fsp3) is 0.143. The van der Waals surface area contributed by atoms with Gasteiger partial charge in [0.1, 0.15) is 0 Å². The number of rotatable bonds is 2. The Labute approximate surface area is 95.5 Å². The number of para-hydroxylation sites is 1. The average molecular weight is 210 g/mol. The molecule has 0 unspecified atom stereocenters. The van der Waals surface area contributed by atoms with Gasteiger partial charge >= 0.3 is 0 Å². The van der Waals surface area contributed by atoms with Gasteiger partial charge in [-0.25, -0.2) is 5.01 Å². The summed E-state index contributed by atoms with van der Waals surface area (Å²) in [5.74, 6) is 0. The molecule has 0 atom stereocenters. The van der Waals surface area contributed by atoms with Crippen molar-refractivity contribution in [3.63, 3.8) is 0 Å². The molecule has 0 saturated heterocycles. The molecule has 0 aliphatic carbocycles. The van der Waals surface area contributed by atoms with Crippen molar-refractivity contribution in [1.82, 2.24) is 5.01 Å². The summed E-state index contributed by atoms with van der Waals surface area (Å²) in [6.45, 7) is 1.92. The van der Waals surface area contributed by atoms with Crippen LogP contribution in [-0.2, 0) is 13.1 Å². The van der Waals surface area contributed by atoms with Crippen LogP contribution in [-0.4, -0.2) is 5.01 Å². The maximum absolute atomic E-state index is 3.42. The molecule has 0 bridgehead atoms. The topological polar surface area (TPSA) is 15.3 Å². The van der Waals surface area contributed by atoms with E-state index < -0.39 is 0 Å². The normalized spacial score (nSPS) is 14.5. The Morgan fingerprint density at radius 3 is 2.50 bits per heavy atom. The van der Waals surface area contributed by atoms with Crippen LogP contribution in [0.1, 0.15) is 11.1 Å². The quantitative estimate of drug-likeness (QED) is 0.819. The smallest absolute Gasteiger partial charge is 0.0536 e. The van der Waals surface area contributed by atoms with Crippen LogP contribution >= 0.6 is 0 Å². The van der Waals surface area contributed by atoms with E-state index in [0.717, 1.165) is 13.1 Å². The molecule has 1 heterocycles. The minimum absolute atomic E-state index is 0.940. The van der Waals surface area contributed by atoms with Crippen molar-refractivity contribution >= 4 is 5.69 Å². The van der Waals surface area contributed by atoms with Gasteiger partial charge in [0.15, 0.2) is 0 Å². The van der Waals surface area contributed by atoms with Gasteiger partial charge in [-0.2, -0.15) is 0 Å². The highest BCUT2D eigenvalue weighted by Crippen LogP contribution is 2.25. The third kappa shape index (κ3) is 1.79. The van der Waals surface area contributed by atoms with Crippen LogP contribution in [0.4, 0.5) is 5.69 Å². The van der Waals surface area contributed by atoms with Crippen molar-refractivity contribution in [3.8, 4) is 0 Å². The van der Waals surface area contributed by atoms with Gasteiger partial charge in [-0.05, 0) is 17.2 Å². The first-order valence-electron chi connectivity index (χ1n) is 5.55. The monoisotopic (exact) mass is 210 g/mol. The standard InChI is InChI=1S/C14H14N2/c1-2-6-12(7-3-1)10-16-11-13-8-4-5-9-14(13)15-16/h1-9,15H,10-11H2. The zero-order valence-corrected chi connectivity index (χ0v) is 9.06. The number of hydrazine groups is 1. The van der Waals surface area contributed by atoms with E-state index in [-0.39, 0.29) is 0 Å². The summed E-state index contributed by atoms with van der Waals surface area (Å²) in [5, 5.41) is 2.24. The second-order valence-corrected chi connectivity index (χ2v) is 4.11. The van der Waals surface area contributed by atoms with E-state index >= 15 is 0 Å². The van der Waals surface area contributed by atoms with Gasteiger partial charge in [0.25, 0.3) is 0 Å². The number of anilines is 1. The van der Waals surface area contributed by atoms with Gasteiger partial charge in [0, 0.05) is 13.1 Å². The molecule has 16 heavy (non-hydrogen) atoms. The van der Waals surface area contributed by atoms with Gasteiger partial charge in [-0.15, -0.1) is 0 Å². The van der Waals surface area contributed by atoms with Crippen LogP contribution in [0.25, 0.3) is 0 Å². The van der Waals surface area contributed by atoms with E-state index in [1.807, 2.05) is 0 Å². The highest BCUT2D eigenvalue weighted by Gasteiger charge is 2.16. The molecule has 2 aromatic rings. The minimum atomic E-state index is 0.940. The lowest BCUT2D eigenvalue weighted by Crippen LogP contribution is -2.22. The Morgan fingerprint density at radius 1 is 0.938 bits per heavy atom. The Hall–Kier alpha value is -1.80. The zero-order valence-electron chi connectivity index (χ0n) is 9.06. The zero-order chi connectivity index (χ0) is 10.8. The van der Waals surface area contributed by atoms with Gasteiger partial charge in [0.2, 0.25) is 0 Å². The maximum atomic E-state index is 3.42. The van der Waals surface area contributed by atoms with Crippen molar-refractivity contribution in [2.24, 2.45) is 0 Å². The molecule has 0 aromatic heterocycles. The predicted octanol–water partition coefficient (Wildman–Crippen LogP) is 3.03. The highest BCUT2D eigenvalue weighted by molar-refractivity contribution is 5.53. The lowest BCUT2D eigenvalue weighted by atomic mass is 10.2. The molecule has 1 aliphatic heterocycles.